The molecular formula is C8H9N3. The van der Waals surface area contributed by atoms with Gasteiger partial charge in [-0.1, -0.05) is 0 Å². The van der Waals surface area contributed by atoms with Crippen LogP contribution in [0.4, 0.5) is 0 Å². The molecule has 1 aromatic heterocycles. The SMILES string of the molecule is CCn1ccnc1C=CC#N. The first-order valence-corrected chi connectivity index (χ1v) is 3.45. The predicted octanol–water partition coefficient (Wildman–Crippen LogP) is 1.44. The first kappa shape index (κ1) is 7.55. The molecule has 11 heavy (non-hydrogen) atoms. The van der Waals surface area contributed by atoms with Gasteiger partial charge in [0.15, 0.2) is 0 Å². The molecule has 0 aliphatic rings. The van der Waals surface area contributed by atoms with Gasteiger partial charge in [0.05, 0.1) is 6.07 Å². The lowest BCUT2D eigenvalue weighted by atomic mass is 10.5. The van der Waals surface area contributed by atoms with Gasteiger partial charge in [-0.15, -0.1) is 0 Å². The van der Waals surface area contributed by atoms with Crippen molar-refractivity contribution in [3.05, 3.63) is 24.3 Å². The number of nitrogens with zero attached hydrogens (tertiary/aromatic N) is 3. The van der Waals surface area contributed by atoms with Crippen molar-refractivity contribution in [3.8, 4) is 6.07 Å². The quantitative estimate of drug-likeness (QED) is 0.594. The van der Waals surface area contributed by atoms with E-state index in [1.54, 1.807) is 12.3 Å². The second kappa shape index (κ2) is 3.57. The van der Waals surface area contributed by atoms with Gasteiger partial charge in [0.25, 0.3) is 0 Å². The largest absolute Gasteiger partial charge is 0.332 e. The molecule has 1 aromatic rings. The van der Waals surface area contributed by atoms with E-state index >= 15 is 0 Å². The van der Waals surface area contributed by atoms with E-state index in [0.717, 1.165) is 12.4 Å². The van der Waals surface area contributed by atoms with Crippen LogP contribution in [0.2, 0.25) is 0 Å². The molecule has 0 amide bonds. The predicted molar refractivity (Wildman–Crippen MR) is 42.5 cm³/mol. The molecule has 0 atom stereocenters. The van der Waals surface area contributed by atoms with E-state index in [0.29, 0.717) is 0 Å². The monoisotopic (exact) mass is 147 g/mol. The zero-order valence-corrected chi connectivity index (χ0v) is 6.36. The molecule has 0 bridgehead atoms. The van der Waals surface area contributed by atoms with Gasteiger partial charge in [-0.25, -0.2) is 4.98 Å². The molecule has 0 aromatic carbocycles. The summed E-state index contributed by atoms with van der Waals surface area (Å²) < 4.78 is 1.97. The fraction of sp³-hybridized carbons (Fsp3) is 0.250. The fourth-order valence-corrected chi connectivity index (χ4v) is 0.859. The molecule has 0 radical (unpaired) electrons. The third-order valence-electron chi connectivity index (χ3n) is 1.40. The summed E-state index contributed by atoms with van der Waals surface area (Å²) in [6.07, 6.45) is 6.73. The Morgan fingerprint density at radius 2 is 2.64 bits per heavy atom. The van der Waals surface area contributed by atoms with E-state index < -0.39 is 0 Å². The molecule has 0 N–H and O–H groups in total. The highest BCUT2D eigenvalue weighted by Gasteiger charge is 1.93. The van der Waals surface area contributed by atoms with E-state index in [9.17, 15) is 0 Å². The van der Waals surface area contributed by atoms with Gasteiger partial charge in [0.1, 0.15) is 5.82 Å². The Hall–Kier alpha value is -1.56. The lowest BCUT2D eigenvalue weighted by molar-refractivity contribution is 0.752. The van der Waals surface area contributed by atoms with E-state index in [4.69, 9.17) is 5.26 Å². The molecule has 0 aliphatic carbocycles. The molecule has 56 valence electrons. The minimum atomic E-state index is 0.828. The molecule has 0 fully saturated rings. The van der Waals surface area contributed by atoms with Gasteiger partial charge < -0.3 is 4.57 Å². The first-order chi connectivity index (χ1) is 5.38. The zero-order chi connectivity index (χ0) is 8.10. The van der Waals surface area contributed by atoms with Gasteiger partial charge in [0.2, 0.25) is 0 Å². The van der Waals surface area contributed by atoms with E-state index in [-0.39, 0.29) is 0 Å². The summed E-state index contributed by atoms with van der Waals surface area (Å²) >= 11 is 0. The lowest BCUT2D eigenvalue weighted by Gasteiger charge is -1.96. The Kier molecular flexibility index (Phi) is 2.45. The van der Waals surface area contributed by atoms with Crippen LogP contribution in [0.25, 0.3) is 6.08 Å². The van der Waals surface area contributed by atoms with Crippen molar-refractivity contribution in [2.45, 2.75) is 13.5 Å². The number of aromatic nitrogens is 2. The first-order valence-electron chi connectivity index (χ1n) is 3.45. The van der Waals surface area contributed by atoms with Crippen LogP contribution >= 0.6 is 0 Å². The Morgan fingerprint density at radius 1 is 1.82 bits per heavy atom. The summed E-state index contributed by atoms with van der Waals surface area (Å²) in [6, 6.07) is 1.92. The number of hydrogen-bond acceptors (Lipinski definition) is 2. The Balaban J connectivity index is 2.86. The smallest absolute Gasteiger partial charge is 0.133 e. The van der Waals surface area contributed by atoms with Crippen LogP contribution in [0, 0.1) is 11.3 Å². The number of allylic oxidation sites excluding steroid dienone is 1. The molecule has 0 unspecified atom stereocenters. The molecule has 0 aliphatic heterocycles. The Labute approximate surface area is 65.6 Å². The third-order valence-corrected chi connectivity index (χ3v) is 1.40. The molecule has 0 saturated carbocycles. The van der Waals surface area contributed by atoms with Gasteiger partial charge in [-0.05, 0) is 13.0 Å². The van der Waals surface area contributed by atoms with Crippen LogP contribution in [0.5, 0.6) is 0 Å². The second-order valence-corrected chi connectivity index (χ2v) is 2.03. The molecule has 1 rings (SSSR count). The van der Waals surface area contributed by atoms with Crippen molar-refractivity contribution in [2.24, 2.45) is 0 Å². The topological polar surface area (TPSA) is 41.6 Å². The number of aryl methyl sites for hydroxylation is 1. The van der Waals surface area contributed by atoms with Crippen molar-refractivity contribution < 1.29 is 0 Å². The maximum absolute atomic E-state index is 8.25. The summed E-state index contributed by atoms with van der Waals surface area (Å²) in [5.74, 6) is 0.828. The minimum Gasteiger partial charge on any atom is -0.332 e. The van der Waals surface area contributed by atoms with E-state index in [1.807, 2.05) is 23.8 Å². The molecule has 1 heterocycles. The molecule has 0 spiro atoms. The lowest BCUT2D eigenvalue weighted by Crippen LogP contribution is -1.94. The third kappa shape index (κ3) is 1.68. The van der Waals surface area contributed by atoms with Crippen LogP contribution in [-0.2, 0) is 6.54 Å². The van der Waals surface area contributed by atoms with Crippen molar-refractivity contribution in [1.29, 1.82) is 5.26 Å². The summed E-state index contributed by atoms with van der Waals surface area (Å²) in [7, 11) is 0. The highest BCUT2D eigenvalue weighted by atomic mass is 15.0. The maximum atomic E-state index is 8.25. The van der Waals surface area contributed by atoms with Gasteiger partial charge in [-0.2, -0.15) is 5.26 Å². The van der Waals surface area contributed by atoms with Gasteiger partial charge in [0, 0.05) is 25.0 Å². The summed E-state index contributed by atoms with van der Waals surface area (Å²) in [6.45, 7) is 2.91. The normalized spacial score (nSPS) is 10.2. The molecule has 3 heteroatoms. The fourth-order valence-electron chi connectivity index (χ4n) is 0.859. The van der Waals surface area contributed by atoms with E-state index in [1.165, 1.54) is 6.08 Å². The average Bonchev–Trinajstić information content (AvgIpc) is 2.47. The summed E-state index contributed by atoms with van der Waals surface area (Å²) in [5, 5.41) is 8.25. The van der Waals surface area contributed by atoms with Crippen molar-refractivity contribution >= 4 is 6.08 Å². The Bertz CT molecular complexity index is 291. The van der Waals surface area contributed by atoms with Crippen LogP contribution in [0.3, 0.4) is 0 Å². The van der Waals surface area contributed by atoms with Crippen LogP contribution in [-0.4, -0.2) is 9.55 Å². The molecule has 0 saturated heterocycles. The Morgan fingerprint density at radius 3 is 3.27 bits per heavy atom. The number of nitriles is 1. The second-order valence-electron chi connectivity index (χ2n) is 2.03. The van der Waals surface area contributed by atoms with Crippen molar-refractivity contribution in [3.63, 3.8) is 0 Å². The number of imidazole rings is 1. The average molecular weight is 147 g/mol. The zero-order valence-electron chi connectivity index (χ0n) is 6.36. The molecule has 3 nitrogen and oxygen atoms in total. The van der Waals surface area contributed by atoms with Crippen LogP contribution in [0.15, 0.2) is 18.5 Å². The number of rotatable bonds is 2. The highest BCUT2D eigenvalue weighted by Crippen LogP contribution is 1.98. The van der Waals surface area contributed by atoms with Crippen molar-refractivity contribution in [1.82, 2.24) is 9.55 Å². The van der Waals surface area contributed by atoms with Gasteiger partial charge >= 0.3 is 0 Å². The van der Waals surface area contributed by atoms with Crippen LogP contribution < -0.4 is 0 Å². The minimum absolute atomic E-state index is 0.828. The highest BCUT2D eigenvalue weighted by molar-refractivity contribution is 5.43. The summed E-state index contributed by atoms with van der Waals surface area (Å²) in [4.78, 5) is 4.05. The maximum Gasteiger partial charge on any atom is 0.133 e. The molecular weight excluding hydrogens is 138 g/mol. The van der Waals surface area contributed by atoms with Crippen molar-refractivity contribution in [2.75, 3.05) is 0 Å². The van der Waals surface area contributed by atoms with E-state index in [2.05, 4.69) is 4.98 Å². The summed E-state index contributed by atoms with van der Waals surface area (Å²) in [5.41, 5.74) is 0. The standard InChI is InChI=1S/C8H9N3/c1-2-11-7-6-10-8(11)4-3-5-9/h3-4,6-7H,2H2,1H3. The number of hydrogen-bond donors (Lipinski definition) is 0. The van der Waals surface area contributed by atoms with Gasteiger partial charge in [-0.3, -0.25) is 0 Å². The van der Waals surface area contributed by atoms with Crippen LogP contribution in [0.1, 0.15) is 12.7 Å².